The van der Waals surface area contributed by atoms with Gasteiger partial charge in [0.15, 0.2) is 11.5 Å². The fourth-order valence-electron chi connectivity index (χ4n) is 1.76. The second-order valence-corrected chi connectivity index (χ2v) is 3.93. The first-order valence-corrected chi connectivity index (χ1v) is 6.20. The van der Waals surface area contributed by atoms with Crippen molar-refractivity contribution in [1.82, 2.24) is 9.97 Å². The SMILES string of the molecule is CNc1nccc(Oc2cc(OC)c(OC)c(OC)c2)n1. The molecule has 0 radical (unpaired) electrons. The smallest absolute Gasteiger partial charge is 0.225 e. The summed E-state index contributed by atoms with van der Waals surface area (Å²) in [5, 5.41) is 2.84. The van der Waals surface area contributed by atoms with Gasteiger partial charge in [0.25, 0.3) is 0 Å². The van der Waals surface area contributed by atoms with Gasteiger partial charge >= 0.3 is 0 Å². The van der Waals surface area contributed by atoms with E-state index in [9.17, 15) is 0 Å². The quantitative estimate of drug-likeness (QED) is 0.875. The van der Waals surface area contributed by atoms with Crippen LogP contribution in [0.2, 0.25) is 0 Å². The van der Waals surface area contributed by atoms with Gasteiger partial charge in [0, 0.05) is 31.4 Å². The molecule has 0 atom stereocenters. The Morgan fingerprint density at radius 2 is 1.67 bits per heavy atom. The van der Waals surface area contributed by atoms with Crippen LogP contribution in [0.5, 0.6) is 28.9 Å². The van der Waals surface area contributed by atoms with E-state index in [4.69, 9.17) is 18.9 Å². The minimum absolute atomic E-state index is 0.406. The van der Waals surface area contributed by atoms with E-state index in [1.807, 2.05) is 0 Å². The summed E-state index contributed by atoms with van der Waals surface area (Å²) in [5.41, 5.74) is 0. The minimum Gasteiger partial charge on any atom is -0.493 e. The fraction of sp³-hybridized carbons (Fsp3) is 0.286. The number of anilines is 1. The average Bonchev–Trinajstić information content (AvgIpc) is 2.53. The van der Waals surface area contributed by atoms with E-state index in [0.29, 0.717) is 34.8 Å². The molecule has 1 N–H and O–H groups in total. The molecule has 2 rings (SSSR count). The standard InChI is InChI=1S/C14H17N3O4/c1-15-14-16-6-5-12(17-14)21-9-7-10(18-2)13(20-4)11(8-9)19-3/h5-8H,1-4H3,(H,15,16,17). The molecule has 7 heteroatoms. The van der Waals surface area contributed by atoms with Crippen molar-refractivity contribution < 1.29 is 18.9 Å². The van der Waals surface area contributed by atoms with Crippen LogP contribution in [0.15, 0.2) is 24.4 Å². The molecule has 1 aromatic carbocycles. The number of hydrogen-bond acceptors (Lipinski definition) is 7. The normalized spacial score (nSPS) is 9.90. The Morgan fingerprint density at radius 3 is 2.19 bits per heavy atom. The molecule has 0 aliphatic rings. The van der Waals surface area contributed by atoms with Gasteiger partial charge in [-0.3, -0.25) is 0 Å². The van der Waals surface area contributed by atoms with Crippen LogP contribution in [0.25, 0.3) is 0 Å². The molecule has 0 unspecified atom stereocenters. The maximum absolute atomic E-state index is 5.70. The summed E-state index contributed by atoms with van der Waals surface area (Å²) < 4.78 is 21.5. The minimum atomic E-state index is 0.406. The third-order valence-electron chi connectivity index (χ3n) is 2.71. The molecule has 0 amide bonds. The molecule has 0 bridgehead atoms. The third-order valence-corrected chi connectivity index (χ3v) is 2.71. The fourth-order valence-corrected chi connectivity index (χ4v) is 1.76. The Kier molecular flexibility index (Phi) is 4.65. The van der Waals surface area contributed by atoms with E-state index >= 15 is 0 Å². The van der Waals surface area contributed by atoms with Gasteiger partial charge in [0.2, 0.25) is 17.6 Å². The molecule has 1 heterocycles. The molecule has 0 fully saturated rings. The van der Waals surface area contributed by atoms with E-state index in [-0.39, 0.29) is 0 Å². The van der Waals surface area contributed by atoms with Gasteiger partial charge in [0.1, 0.15) is 5.75 Å². The topological polar surface area (TPSA) is 74.7 Å². The first-order valence-electron chi connectivity index (χ1n) is 6.20. The molecule has 0 aliphatic heterocycles. The molecule has 0 saturated carbocycles. The van der Waals surface area contributed by atoms with Crippen LogP contribution >= 0.6 is 0 Å². The van der Waals surface area contributed by atoms with Crippen LogP contribution in [0, 0.1) is 0 Å². The van der Waals surface area contributed by atoms with E-state index in [1.165, 1.54) is 0 Å². The maximum atomic E-state index is 5.70. The van der Waals surface area contributed by atoms with Gasteiger partial charge in [-0.05, 0) is 0 Å². The first-order chi connectivity index (χ1) is 10.2. The Hall–Kier alpha value is -2.70. The zero-order valence-electron chi connectivity index (χ0n) is 12.3. The van der Waals surface area contributed by atoms with Crippen molar-refractivity contribution >= 4 is 5.95 Å². The predicted octanol–water partition coefficient (Wildman–Crippen LogP) is 2.34. The van der Waals surface area contributed by atoms with Gasteiger partial charge in [-0.25, -0.2) is 4.98 Å². The number of aromatic nitrogens is 2. The number of rotatable bonds is 6. The van der Waals surface area contributed by atoms with Crippen LogP contribution in [-0.2, 0) is 0 Å². The lowest BCUT2D eigenvalue weighted by Gasteiger charge is -2.14. The molecule has 21 heavy (non-hydrogen) atoms. The summed E-state index contributed by atoms with van der Waals surface area (Å²) in [6.45, 7) is 0. The van der Waals surface area contributed by atoms with E-state index in [1.54, 1.807) is 52.8 Å². The molecule has 1 aromatic heterocycles. The number of ether oxygens (including phenoxy) is 4. The summed E-state index contributed by atoms with van der Waals surface area (Å²) in [6.07, 6.45) is 1.60. The van der Waals surface area contributed by atoms with Crippen LogP contribution in [0.3, 0.4) is 0 Å². The van der Waals surface area contributed by atoms with Crippen molar-refractivity contribution in [2.45, 2.75) is 0 Å². The second kappa shape index (κ2) is 6.65. The molecule has 112 valence electrons. The molecule has 0 saturated heterocycles. The van der Waals surface area contributed by atoms with E-state index in [2.05, 4.69) is 15.3 Å². The van der Waals surface area contributed by atoms with Crippen molar-refractivity contribution in [1.29, 1.82) is 0 Å². The van der Waals surface area contributed by atoms with Gasteiger partial charge in [0.05, 0.1) is 21.3 Å². The van der Waals surface area contributed by atoms with Crippen molar-refractivity contribution in [3.05, 3.63) is 24.4 Å². The zero-order chi connectivity index (χ0) is 15.2. The molecule has 7 nitrogen and oxygen atoms in total. The average molecular weight is 291 g/mol. The summed E-state index contributed by atoms with van der Waals surface area (Å²) >= 11 is 0. The Morgan fingerprint density at radius 1 is 1.00 bits per heavy atom. The largest absolute Gasteiger partial charge is 0.493 e. The highest BCUT2D eigenvalue weighted by Gasteiger charge is 2.14. The number of hydrogen-bond donors (Lipinski definition) is 1. The van der Waals surface area contributed by atoms with Gasteiger partial charge in [-0.2, -0.15) is 4.98 Å². The van der Waals surface area contributed by atoms with Gasteiger partial charge < -0.3 is 24.3 Å². The van der Waals surface area contributed by atoms with Crippen LogP contribution in [0.4, 0.5) is 5.95 Å². The first kappa shape index (κ1) is 14.7. The van der Waals surface area contributed by atoms with Crippen LogP contribution in [-0.4, -0.2) is 38.3 Å². The lowest BCUT2D eigenvalue weighted by atomic mass is 10.2. The van der Waals surface area contributed by atoms with Crippen molar-refractivity contribution in [2.75, 3.05) is 33.7 Å². The van der Waals surface area contributed by atoms with E-state index in [0.717, 1.165) is 0 Å². The number of methoxy groups -OCH3 is 3. The lowest BCUT2D eigenvalue weighted by molar-refractivity contribution is 0.320. The van der Waals surface area contributed by atoms with Crippen molar-refractivity contribution in [3.8, 4) is 28.9 Å². The summed E-state index contributed by atoms with van der Waals surface area (Å²) in [5.74, 6) is 2.92. The molecular weight excluding hydrogens is 274 g/mol. The van der Waals surface area contributed by atoms with Crippen molar-refractivity contribution in [3.63, 3.8) is 0 Å². The van der Waals surface area contributed by atoms with Crippen molar-refractivity contribution in [2.24, 2.45) is 0 Å². The van der Waals surface area contributed by atoms with Crippen LogP contribution in [0.1, 0.15) is 0 Å². The summed E-state index contributed by atoms with van der Waals surface area (Å²) in [4.78, 5) is 8.21. The Labute approximate surface area is 122 Å². The summed E-state index contributed by atoms with van der Waals surface area (Å²) in [7, 11) is 6.37. The highest BCUT2D eigenvalue weighted by atomic mass is 16.5. The van der Waals surface area contributed by atoms with Gasteiger partial charge in [-0.15, -0.1) is 0 Å². The molecule has 2 aromatic rings. The zero-order valence-corrected chi connectivity index (χ0v) is 12.3. The highest BCUT2D eigenvalue weighted by Crippen LogP contribution is 2.41. The number of benzene rings is 1. The Balaban J connectivity index is 2.35. The maximum Gasteiger partial charge on any atom is 0.225 e. The number of nitrogens with one attached hydrogen (secondary N) is 1. The summed E-state index contributed by atoms with van der Waals surface area (Å²) in [6, 6.07) is 5.05. The van der Waals surface area contributed by atoms with E-state index < -0.39 is 0 Å². The second-order valence-electron chi connectivity index (χ2n) is 3.93. The third kappa shape index (κ3) is 3.25. The number of nitrogens with zero attached hydrogens (tertiary/aromatic N) is 2. The monoisotopic (exact) mass is 291 g/mol. The van der Waals surface area contributed by atoms with Crippen LogP contribution < -0.4 is 24.3 Å². The lowest BCUT2D eigenvalue weighted by Crippen LogP contribution is -1.98. The molecule has 0 aliphatic carbocycles. The molecule has 0 spiro atoms. The van der Waals surface area contributed by atoms with Gasteiger partial charge in [-0.1, -0.05) is 0 Å². The Bertz CT molecular complexity index is 594. The molecular formula is C14H17N3O4. The predicted molar refractivity (Wildman–Crippen MR) is 77.8 cm³/mol. The highest BCUT2D eigenvalue weighted by molar-refractivity contribution is 5.56.